The summed E-state index contributed by atoms with van der Waals surface area (Å²) in [4.78, 5) is 0. The largest absolute Gasteiger partial charge is 0.385 e. The van der Waals surface area contributed by atoms with Gasteiger partial charge in [-0.3, -0.25) is 0 Å². The van der Waals surface area contributed by atoms with E-state index in [0.29, 0.717) is 5.92 Å². The highest BCUT2D eigenvalue weighted by Crippen LogP contribution is 2.20. The fourth-order valence-electron chi connectivity index (χ4n) is 1.74. The van der Waals surface area contributed by atoms with Crippen molar-refractivity contribution in [3.63, 3.8) is 0 Å². The van der Waals surface area contributed by atoms with Crippen molar-refractivity contribution >= 4 is 11.8 Å². The summed E-state index contributed by atoms with van der Waals surface area (Å²) in [6.07, 6.45) is 1.10. The number of nitrogens with two attached hydrogens (primary N) is 1. The first-order valence-corrected chi connectivity index (χ1v) is 7.72. The summed E-state index contributed by atoms with van der Waals surface area (Å²) in [5.41, 5.74) is 8.79. The molecule has 0 aromatic heterocycles. The molecule has 1 aromatic carbocycles. The van der Waals surface area contributed by atoms with E-state index >= 15 is 0 Å². The molecule has 1 atom stereocenters. The van der Waals surface area contributed by atoms with Crippen LogP contribution in [0.25, 0.3) is 0 Å². The van der Waals surface area contributed by atoms with Gasteiger partial charge in [0.1, 0.15) is 0 Å². The summed E-state index contributed by atoms with van der Waals surface area (Å²) in [7, 11) is 1.74. The molecule has 3 heteroatoms. The van der Waals surface area contributed by atoms with Gasteiger partial charge in [0.15, 0.2) is 0 Å². The Bertz CT molecular complexity index is 324. The molecule has 1 aromatic rings. The van der Waals surface area contributed by atoms with Gasteiger partial charge in [-0.25, -0.2) is 0 Å². The van der Waals surface area contributed by atoms with Crippen LogP contribution >= 0.6 is 11.8 Å². The summed E-state index contributed by atoms with van der Waals surface area (Å²) >= 11 is 1.90. The van der Waals surface area contributed by atoms with Crippen LogP contribution in [0, 0.1) is 0 Å². The second-order valence-electron chi connectivity index (χ2n) is 4.85. The highest BCUT2D eigenvalue weighted by molar-refractivity contribution is 7.99. The lowest BCUT2D eigenvalue weighted by atomic mass is 10.00. The molecule has 18 heavy (non-hydrogen) atoms. The third-order valence-electron chi connectivity index (χ3n) is 2.97. The smallest absolute Gasteiger partial charge is 0.0470 e. The predicted octanol–water partition coefficient (Wildman–Crippen LogP) is 3.58. The van der Waals surface area contributed by atoms with Crippen molar-refractivity contribution in [2.75, 3.05) is 25.2 Å². The first kappa shape index (κ1) is 15.5. The second-order valence-corrected chi connectivity index (χ2v) is 6.00. The Kier molecular flexibility index (Phi) is 7.40. The number of methoxy groups -OCH3 is 1. The minimum atomic E-state index is 0.138. The van der Waals surface area contributed by atoms with Crippen LogP contribution in [-0.4, -0.2) is 25.2 Å². The van der Waals surface area contributed by atoms with E-state index in [2.05, 4.69) is 38.1 Å². The number of hydrogen-bond donors (Lipinski definition) is 1. The maximum Gasteiger partial charge on any atom is 0.0470 e. The zero-order valence-electron chi connectivity index (χ0n) is 11.7. The molecular formula is C15H25NOS. The minimum Gasteiger partial charge on any atom is -0.385 e. The summed E-state index contributed by atoms with van der Waals surface area (Å²) in [6, 6.07) is 8.84. The highest BCUT2D eigenvalue weighted by Gasteiger charge is 2.06. The number of thioether (sulfide) groups is 1. The van der Waals surface area contributed by atoms with E-state index in [1.807, 2.05) is 11.8 Å². The molecule has 102 valence electrons. The molecule has 0 saturated heterocycles. The predicted molar refractivity (Wildman–Crippen MR) is 81.3 cm³/mol. The van der Waals surface area contributed by atoms with Crippen LogP contribution in [0.4, 0.5) is 0 Å². The molecule has 0 aliphatic heterocycles. The lowest BCUT2D eigenvalue weighted by Gasteiger charge is -2.13. The first-order chi connectivity index (χ1) is 8.65. The topological polar surface area (TPSA) is 35.2 Å². The van der Waals surface area contributed by atoms with Gasteiger partial charge < -0.3 is 10.5 Å². The molecule has 0 aliphatic carbocycles. The molecule has 0 spiro atoms. The molecule has 0 amide bonds. The Morgan fingerprint density at radius 1 is 1.17 bits per heavy atom. The fourth-order valence-corrected chi connectivity index (χ4v) is 2.67. The summed E-state index contributed by atoms with van der Waals surface area (Å²) in [5.74, 6) is 2.68. The number of hydrogen-bond acceptors (Lipinski definition) is 3. The van der Waals surface area contributed by atoms with Crippen molar-refractivity contribution in [1.82, 2.24) is 0 Å². The fraction of sp³-hybridized carbons (Fsp3) is 0.600. The maximum atomic E-state index is 6.18. The van der Waals surface area contributed by atoms with Crippen molar-refractivity contribution in [2.45, 2.75) is 32.2 Å². The number of ether oxygens (including phenoxy) is 1. The van der Waals surface area contributed by atoms with E-state index in [0.717, 1.165) is 24.5 Å². The summed E-state index contributed by atoms with van der Waals surface area (Å²) in [6.45, 7) is 5.26. The van der Waals surface area contributed by atoms with Gasteiger partial charge in [-0.1, -0.05) is 38.1 Å². The summed E-state index contributed by atoms with van der Waals surface area (Å²) in [5, 5.41) is 0. The molecule has 0 fully saturated rings. The van der Waals surface area contributed by atoms with Crippen molar-refractivity contribution in [2.24, 2.45) is 5.73 Å². The Morgan fingerprint density at radius 3 is 2.33 bits per heavy atom. The van der Waals surface area contributed by atoms with E-state index in [1.165, 1.54) is 11.1 Å². The van der Waals surface area contributed by atoms with Crippen LogP contribution in [0.3, 0.4) is 0 Å². The molecular weight excluding hydrogens is 242 g/mol. The van der Waals surface area contributed by atoms with Crippen LogP contribution < -0.4 is 5.73 Å². The van der Waals surface area contributed by atoms with Gasteiger partial charge >= 0.3 is 0 Å². The molecule has 0 heterocycles. The van der Waals surface area contributed by atoms with Crippen molar-refractivity contribution in [3.05, 3.63) is 35.4 Å². The van der Waals surface area contributed by atoms with Gasteiger partial charge in [0.05, 0.1) is 0 Å². The SMILES string of the molecule is COCCCSCC(N)c1ccc(C(C)C)cc1. The molecule has 2 N–H and O–H groups in total. The summed E-state index contributed by atoms with van der Waals surface area (Å²) < 4.78 is 5.02. The van der Waals surface area contributed by atoms with Crippen LogP contribution in [0.1, 0.15) is 43.4 Å². The maximum absolute atomic E-state index is 6.18. The monoisotopic (exact) mass is 267 g/mol. The first-order valence-electron chi connectivity index (χ1n) is 6.57. The van der Waals surface area contributed by atoms with Crippen LogP contribution in [0.5, 0.6) is 0 Å². The van der Waals surface area contributed by atoms with Crippen molar-refractivity contribution in [1.29, 1.82) is 0 Å². The molecule has 0 bridgehead atoms. The Hall–Kier alpha value is -0.510. The van der Waals surface area contributed by atoms with Gasteiger partial charge in [-0.05, 0) is 29.2 Å². The Balaban J connectivity index is 2.34. The van der Waals surface area contributed by atoms with Gasteiger partial charge in [0.25, 0.3) is 0 Å². The van der Waals surface area contributed by atoms with Gasteiger partial charge in [-0.2, -0.15) is 11.8 Å². The zero-order chi connectivity index (χ0) is 13.4. The average molecular weight is 267 g/mol. The van der Waals surface area contributed by atoms with Crippen molar-refractivity contribution < 1.29 is 4.74 Å². The molecule has 0 saturated carbocycles. The zero-order valence-corrected chi connectivity index (χ0v) is 12.5. The van der Waals surface area contributed by atoms with Crippen LogP contribution in [0.15, 0.2) is 24.3 Å². The molecule has 0 radical (unpaired) electrons. The third-order valence-corrected chi connectivity index (χ3v) is 4.14. The van der Waals surface area contributed by atoms with E-state index < -0.39 is 0 Å². The normalized spacial score (nSPS) is 12.9. The van der Waals surface area contributed by atoms with E-state index in [9.17, 15) is 0 Å². The number of rotatable bonds is 8. The molecule has 2 nitrogen and oxygen atoms in total. The second kappa shape index (κ2) is 8.57. The Morgan fingerprint density at radius 2 is 1.78 bits per heavy atom. The Labute approximate surface area is 115 Å². The van der Waals surface area contributed by atoms with Gasteiger partial charge in [-0.15, -0.1) is 0 Å². The average Bonchev–Trinajstić information content (AvgIpc) is 2.38. The number of benzene rings is 1. The lowest BCUT2D eigenvalue weighted by Crippen LogP contribution is -2.13. The third kappa shape index (κ3) is 5.42. The quantitative estimate of drug-likeness (QED) is 0.731. The standard InChI is InChI=1S/C15H25NOS/c1-12(2)13-5-7-14(8-6-13)15(16)11-18-10-4-9-17-3/h5-8,12,15H,4,9-11,16H2,1-3H3. The van der Waals surface area contributed by atoms with E-state index in [-0.39, 0.29) is 6.04 Å². The molecule has 1 rings (SSSR count). The van der Waals surface area contributed by atoms with Gasteiger partial charge in [0, 0.05) is 25.5 Å². The molecule has 1 unspecified atom stereocenters. The lowest BCUT2D eigenvalue weighted by molar-refractivity contribution is 0.200. The van der Waals surface area contributed by atoms with Crippen LogP contribution in [-0.2, 0) is 4.74 Å². The highest BCUT2D eigenvalue weighted by atomic mass is 32.2. The van der Waals surface area contributed by atoms with Gasteiger partial charge in [0.2, 0.25) is 0 Å². The minimum absolute atomic E-state index is 0.138. The van der Waals surface area contributed by atoms with E-state index in [1.54, 1.807) is 7.11 Å². The molecule has 0 aliphatic rings. The van der Waals surface area contributed by atoms with Crippen LogP contribution in [0.2, 0.25) is 0 Å². The van der Waals surface area contributed by atoms with Crippen molar-refractivity contribution in [3.8, 4) is 0 Å². The van der Waals surface area contributed by atoms with E-state index in [4.69, 9.17) is 10.5 Å².